The Kier molecular flexibility index (Phi) is 4.63. The molecule has 0 aromatic carbocycles. The van der Waals surface area contributed by atoms with Gasteiger partial charge in [0.1, 0.15) is 18.9 Å². The number of aromatic nitrogens is 5. The molecular formula is C19H18F3N7O2. The van der Waals surface area contributed by atoms with Gasteiger partial charge in [-0.3, -0.25) is 9.78 Å². The van der Waals surface area contributed by atoms with Crippen LogP contribution in [0, 0.1) is 11.7 Å². The molecule has 0 saturated carbocycles. The fourth-order valence-corrected chi connectivity index (χ4v) is 4.06. The van der Waals surface area contributed by atoms with Gasteiger partial charge in [0.25, 0.3) is 5.92 Å². The molecule has 5 rings (SSSR count). The first-order valence-electron chi connectivity index (χ1n) is 9.75. The van der Waals surface area contributed by atoms with Crippen molar-refractivity contribution in [3.05, 3.63) is 42.4 Å². The van der Waals surface area contributed by atoms with E-state index in [9.17, 15) is 9.18 Å². The van der Waals surface area contributed by atoms with Gasteiger partial charge >= 0.3 is 0 Å². The molecule has 1 fully saturated rings. The first-order chi connectivity index (χ1) is 14.9. The zero-order valence-electron chi connectivity index (χ0n) is 16.3. The number of alkyl halides is 2. The number of anilines is 1. The number of nitrogens with zero attached hydrogens (tertiary/aromatic N) is 7. The Morgan fingerprint density at radius 1 is 1.23 bits per heavy atom. The molecule has 0 radical (unpaired) electrons. The molecule has 0 N–H and O–H groups in total. The number of halogens is 3. The van der Waals surface area contributed by atoms with Crippen LogP contribution >= 0.6 is 0 Å². The van der Waals surface area contributed by atoms with Gasteiger partial charge in [-0.25, -0.2) is 23.1 Å². The summed E-state index contributed by atoms with van der Waals surface area (Å²) in [6, 6.07) is 1.63. The molecular weight excluding hydrogens is 415 g/mol. The predicted octanol–water partition coefficient (Wildman–Crippen LogP) is 1.54. The normalized spacial score (nSPS) is 20.8. The Morgan fingerprint density at radius 3 is 2.94 bits per heavy atom. The minimum atomic E-state index is -3.30. The third-order valence-electron chi connectivity index (χ3n) is 5.56. The van der Waals surface area contributed by atoms with Crippen LogP contribution in [0.15, 0.2) is 31.0 Å². The summed E-state index contributed by atoms with van der Waals surface area (Å²) in [7, 11) is 0. The van der Waals surface area contributed by atoms with Crippen LogP contribution in [0.5, 0.6) is 5.75 Å². The van der Waals surface area contributed by atoms with Gasteiger partial charge in [-0.1, -0.05) is 0 Å². The average Bonchev–Trinajstić information content (AvgIpc) is 3.11. The Hall–Kier alpha value is -3.44. The lowest BCUT2D eigenvalue weighted by molar-refractivity contribution is -0.152. The van der Waals surface area contributed by atoms with Crippen LogP contribution < -0.4 is 9.64 Å². The number of pyridine rings is 1. The minimum absolute atomic E-state index is 0.0129. The van der Waals surface area contributed by atoms with Gasteiger partial charge in [0.2, 0.25) is 11.9 Å². The zero-order chi connectivity index (χ0) is 21.6. The van der Waals surface area contributed by atoms with Crippen molar-refractivity contribution < 1.29 is 22.7 Å². The van der Waals surface area contributed by atoms with Gasteiger partial charge in [-0.2, -0.15) is 9.61 Å². The highest BCUT2D eigenvalue weighted by atomic mass is 19.3. The highest BCUT2D eigenvalue weighted by Crippen LogP contribution is 2.36. The molecule has 1 unspecified atom stereocenters. The molecule has 1 amide bonds. The second-order valence-corrected chi connectivity index (χ2v) is 7.52. The van der Waals surface area contributed by atoms with Gasteiger partial charge in [0.15, 0.2) is 17.2 Å². The first-order valence-corrected chi connectivity index (χ1v) is 9.75. The van der Waals surface area contributed by atoms with Crippen molar-refractivity contribution in [1.29, 1.82) is 0 Å². The summed E-state index contributed by atoms with van der Waals surface area (Å²) in [6.07, 6.45) is 5.14. The highest BCUT2D eigenvalue weighted by Gasteiger charge is 2.50. The number of hydrogen-bond acceptors (Lipinski definition) is 7. The number of piperidine rings is 1. The van der Waals surface area contributed by atoms with Crippen molar-refractivity contribution in [2.24, 2.45) is 5.92 Å². The van der Waals surface area contributed by atoms with Gasteiger partial charge in [-0.15, -0.1) is 0 Å². The predicted molar refractivity (Wildman–Crippen MR) is 101 cm³/mol. The summed E-state index contributed by atoms with van der Waals surface area (Å²) in [4.78, 5) is 27.7. The Bertz CT molecular complexity index is 1140. The molecule has 1 atom stereocenters. The Morgan fingerprint density at radius 2 is 2.10 bits per heavy atom. The second-order valence-electron chi connectivity index (χ2n) is 7.52. The molecule has 5 heterocycles. The second kappa shape index (κ2) is 7.36. The maximum Gasteiger partial charge on any atom is 0.276 e. The number of hydrogen-bond donors (Lipinski definition) is 0. The molecule has 1 saturated heterocycles. The van der Waals surface area contributed by atoms with Gasteiger partial charge < -0.3 is 14.5 Å². The lowest BCUT2D eigenvalue weighted by Crippen LogP contribution is -2.55. The maximum atomic E-state index is 15.1. The Balaban J connectivity index is 1.36. The SMILES string of the molecule is O=C(C1CCN(c2nccc3ncnn23)CC1(F)F)N1CCOc2c(F)cncc2C1. The lowest BCUT2D eigenvalue weighted by atomic mass is 9.91. The molecule has 3 aromatic heterocycles. The molecule has 31 heavy (non-hydrogen) atoms. The minimum Gasteiger partial charge on any atom is -0.488 e. The van der Waals surface area contributed by atoms with Crippen molar-refractivity contribution in [2.75, 3.05) is 31.1 Å². The van der Waals surface area contributed by atoms with Gasteiger partial charge in [0, 0.05) is 30.6 Å². The zero-order valence-corrected chi connectivity index (χ0v) is 16.3. The third kappa shape index (κ3) is 3.41. The monoisotopic (exact) mass is 433 g/mol. The topological polar surface area (TPSA) is 88.8 Å². The molecule has 2 aliphatic heterocycles. The van der Waals surface area contributed by atoms with Gasteiger partial charge in [0.05, 0.1) is 25.8 Å². The summed E-state index contributed by atoms with van der Waals surface area (Å²) in [5, 5.41) is 4.04. The number of carbonyl (C=O) groups excluding carboxylic acids is 1. The van der Waals surface area contributed by atoms with Crippen LogP contribution in [0.3, 0.4) is 0 Å². The number of ether oxygens (including phenoxy) is 1. The molecule has 9 nitrogen and oxygen atoms in total. The first kappa shape index (κ1) is 19.5. The summed E-state index contributed by atoms with van der Waals surface area (Å²) < 4.78 is 50.9. The van der Waals surface area contributed by atoms with E-state index in [1.807, 2.05) is 0 Å². The van der Waals surface area contributed by atoms with Gasteiger partial charge in [-0.05, 0) is 6.42 Å². The van der Waals surface area contributed by atoms with Crippen LogP contribution in [-0.2, 0) is 11.3 Å². The summed E-state index contributed by atoms with van der Waals surface area (Å²) in [6.45, 7) is -0.401. The van der Waals surface area contributed by atoms with E-state index < -0.39 is 30.1 Å². The van der Waals surface area contributed by atoms with E-state index in [0.717, 1.165) is 6.20 Å². The number of amides is 1. The Labute approximate surface area is 174 Å². The van der Waals surface area contributed by atoms with E-state index in [2.05, 4.69) is 20.1 Å². The van der Waals surface area contributed by atoms with Crippen molar-refractivity contribution in [2.45, 2.75) is 18.9 Å². The van der Waals surface area contributed by atoms with Crippen LogP contribution in [0.4, 0.5) is 19.1 Å². The molecule has 162 valence electrons. The fraction of sp³-hybridized carbons (Fsp3) is 0.421. The van der Waals surface area contributed by atoms with Crippen molar-refractivity contribution in [1.82, 2.24) is 29.5 Å². The number of carbonyl (C=O) groups is 1. The molecule has 0 aliphatic carbocycles. The maximum absolute atomic E-state index is 15.1. The van der Waals surface area contributed by atoms with E-state index in [0.29, 0.717) is 11.2 Å². The van der Waals surface area contributed by atoms with Crippen LogP contribution in [0.1, 0.15) is 12.0 Å². The lowest BCUT2D eigenvalue weighted by Gasteiger charge is -2.39. The van der Waals surface area contributed by atoms with Crippen molar-refractivity contribution in [3.63, 3.8) is 0 Å². The van der Waals surface area contributed by atoms with Crippen LogP contribution in [-0.4, -0.2) is 67.5 Å². The average molecular weight is 433 g/mol. The number of fused-ring (bicyclic) bond motifs is 2. The molecule has 0 spiro atoms. The third-order valence-corrected chi connectivity index (χ3v) is 5.56. The van der Waals surface area contributed by atoms with Crippen molar-refractivity contribution >= 4 is 17.5 Å². The molecule has 2 aliphatic rings. The molecule has 0 bridgehead atoms. The quantitative estimate of drug-likeness (QED) is 0.606. The molecule has 3 aromatic rings. The van der Waals surface area contributed by atoms with Crippen molar-refractivity contribution in [3.8, 4) is 5.75 Å². The van der Waals surface area contributed by atoms with E-state index in [-0.39, 0.29) is 44.4 Å². The number of rotatable bonds is 2. The highest BCUT2D eigenvalue weighted by molar-refractivity contribution is 5.80. The van der Waals surface area contributed by atoms with E-state index in [4.69, 9.17) is 4.74 Å². The van der Waals surface area contributed by atoms with Crippen LogP contribution in [0.25, 0.3) is 5.65 Å². The van der Waals surface area contributed by atoms with E-state index >= 15 is 8.78 Å². The van der Waals surface area contributed by atoms with E-state index in [1.54, 1.807) is 6.07 Å². The largest absolute Gasteiger partial charge is 0.488 e. The molecule has 12 heteroatoms. The smallest absolute Gasteiger partial charge is 0.276 e. The standard InChI is InChI=1S/C19H18F3N7O2/c20-14-8-23-7-12-9-27(5-6-31-16(12)14)17(30)13-2-4-28(10-19(13,21)22)18-24-3-1-15-25-11-26-29(15)18/h1,3,7-8,11,13H,2,4-6,9-10H2. The fourth-order valence-electron chi connectivity index (χ4n) is 4.06. The summed E-state index contributed by atoms with van der Waals surface area (Å²) in [5.74, 6) is -5.85. The van der Waals surface area contributed by atoms with E-state index in [1.165, 1.54) is 33.0 Å². The summed E-state index contributed by atoms with van der Waals surface area (Å²) in [5.41, 5.74) is 0.851. The summed E-state index contributed by atoms with van der Waals surface area (Å²) >= 11 is 0. The van der Waals surface area contributed by atoms with Crippen LogP contribution in [0.2, 0.25) is 0 Å².